The molecule has 1 unspecified atom stereocenters. The van der Waals surface area contributed by atoms with E-state index in [4.69, 9.17) is 15.2 Å². The fourth-order valence-electron chi connectivity index (χ4n) is 3.27. The molecule has 0 saturated heterocycles. The number of rotatable bonds is 4. The number of hydrogen-bond donors (Lipinski definition) is 1. The zero-order valence-corrected chi connectivity index (χ0v) is 15.5. The summed E-state index contributed by atoms with van der Waals surface area (Å²) in [4.78, 5) is 12.6. The Morgan fingerprint density at radius 1 is 1.29 bits per heavy atom. The molecule has 0 fully saturated rings. The summed E-state index contributed by atoms with van der Waals surface area (Å²) in [7, 11) is 0. The highest BCUT2D eigenvalue weighted by atomic mass is 19.1. The molecule has 0 amide bonds. The number of carbonyl (C=O) groups is 1. The fourth-order valence-corrected chi connectivity index (χ4v) is 3.27. The highest BCUT2D eigenvalue weighted by Crippen LogP contribution is 2.40. The highest BCUT2D eigenvalue weighted by molar-refractivity contribution is 5.92. The van der Waals surface area contributed by atoms with Gasteiger partial charge in [-0.1, -0.05) is 42.5 Å². The highest BCUT2D eigenvalue weighted by Gasteiger charge is 2.36. The third kappa shape index (κ3) is 3.47. The van der Waals surface area contributed by atoms with Crippen molar-refractivity contribution in [1.82, 2.24) is 0 Å². The molecule has 2 aromatic carbocycles. The minimum absolute atomic E-state index is 0.0608. The Morgan fingerprint density at radius 3 is 2.71 bits per heavy atom. The second-order valence-electron chi connectivity index (χ2n) is 6.22. The Kier molecular flexibility index (Phi) is 5.46. The molecule has 2 aromatic rings. The van der Waals surface area contributed by atoms with Crippen molar-refractivity contribution in [2.75, 3.05) is 6.61 Å². The van der Waals surface area contributed by atoms with E-state index in [1.165, 1.54) is 6.07 Å². The van der Waals surface area contributed by atoms with Gasteiger partial charge in [0.15, 0.2) is 0 Å². The van der Waals surface area contributed by atoms with Gasteiger partial charge in [-0.05, 0) is 31.0 Å². The van der Waals surface area contributed by atoms with E-state index >= 15 is 0 Å². The molecule has 0 saturated carbocycles. The molecule has 0 bridgehead atoms. The van der Waals surface area contributed by atoms with Gasteiger partial charge in [0, 0.05) is 5.56 Å². The smallest absolute Gasteiger partial charge is 0.338 e. The van der Waals surface area contributed by atoms with Crippen LogP contribution >= 0.6 is 0 Å². The molecule has 2 N–H and O–H groups in total. The van der Waals surface area contributed by atoms with Gasteiger partial charge in [0.1, 0.15) is 23.2 Å². The van der Waals surface area contributed by atoms with Crippen molar-refractivity contribution >= 4 is 5.97 Å². The van der Waals surface area contributed by atoms with Gasteiger partial charge in [0.2, 0.25) is 5.88 Å². The summed E-state index contributed by atoms with van der Waals surface area (Å²) < 4.78 is 24.8. The van der Waals surface area contributed by atoms with Gasteiger partial charge in [-0.3, -0.25) is 0 Å². The van der Waals surface area contributed by atoms with Gasteiger partial charge in [-0.15, -0.1) is 0 Å². The van der Waals surface area contributed by atoms with Crippen LogP contribution in [0.1, 0.15) is 25.3 Å². The Hall–Kier alpha value is -3.59. The lowest BCUT2D eigenvalue weighted by Crippen LogP contribution is -2.25. The summed E-state index contributed by atoms with van der Waals surface area (Å²) in [5, 5.41) is 9.64. The van der Waals surface area contributed by atoms with Crippen molar-refractivity contribution in [3.8, 4) is 17.2 Å². The number of nitrogens with two attached hydrogens (primary N) is 1. The number of hydrogen-bond acceptors (Lipinski definition) is 5. The van der Waals surface area contributed by atoms with Crippen LogP contribution in [0.4, 0.5) is 4.39 Å². The zero-order valence-electron chi connectivity index (χ0n) is 15.5. The maximum Gasteiger partial charge on any atom is 0.338 e. The van der Waals surface area contributed by atoms with Crippen LogP contribution in [0.5, 0.6) is 0 Å². The molecular formula is C22H19FN2O3. The minimum Gasteiger partial charge on any atom is -0.463 e. The molecule has 1 aliphatic heterocycles. The Balaban J connectivity index is 2.17. The Morgan fingerprint density at radius 2 is 2.04 bits per heavy atom. The molecule has 0 spiro atoms. The van der Waals surface area contributed by atoms with E-state index in [0.29, 0.717) is 16.7 Å². The number of allylic oxidation sites excluding steroid dienone is 2. The van der Waals surface area contributed by atoms with Crippen LogP contribution in [0, 0.1) is 17.1 Å². The molecule has 28 heavy (non-hydrogen) atoms. The van der Waals surface area contributed by atoms with Gasteiger partial charge < -0.3 is 15.2 Å². The van der Waals surface area contributed by atoms with Crippen LogP contribution < -0.4 is 5.73 Å². The minimum atomic E-state index is -0.760. The van der Waals surface area contributed by atoms with E-state index < -0.39 is 11.9 Å². The lowest BCUT2D eigenvalue weighted by molar-refractivity contribution is -0.139. The standard InChI is InChI=1S/C22H19FN2O3/c1-3-27-22(26)19-13(2)28-21(25)17(12-24)20(19)15-8-6-7-14(11-15)16-9-4-5-10-18(16)23/h4-11,20H,3,25H2,1-2H3. The first kappa shape index (κ1) is 19.2. The van der Waals surface area contributed by atoms with Crippen molar-refractivity contribution < 1.29 is 18.7 Å². The van der Waals surface area contributed by atoms with Crippen LogP contribution in [-0.4, -0.2) is 12.6 Å². The van der Waals surface area contributed by atoms with Gasteiger partial charge in [-0.25, -0.2) is 9.18 Å². The largest absolute Gasteiger partial charge is 0.463 e. The van der Waals surface area contributed by atoms with E-state index in [2.05, 4.69) is 0 Å². The fraction of sp³-hybridized carbons (Fsp3) is 0.182. The Bertz CT molecular complexity index is 1030. The average Bonchev–Trinajstić information content (AvgIpc) is 2.68. The summed E-state index contributed by atoms with van der Waals surface area (Å²) in [6.45, 7) is 3.47. The van der Waals surface area contributed by atoms with Crippen molar-refractivity contribution in [2.45, 2.75) is 19.8 Å². The van der Waals surface area contributed by atoms with Crippen LogP contribution in [0.25, 0.3) is 11.1 Å². The second-order valence-corrected chi connectivity index (χ2v) is 6.22. The van der Waals surface area contributed by atoms with E-state index in [9.17, 15) is 14.4 Å². The van der Waals surface area contributed by atoms with E-state index in [-0.39, 0.29) is 35.2 Å². The van der Waals surface area contributed by atoms with Crippen molar-refractivity contribution in [3.05, 3.63) is 82.7 Å². The second kappa shape index (κ2) is 7.97. The molecule has 142 valence electrons. The monoisotopic (exact) mass is 378 g/mol. The lowest BCUT2D eigenvalue weighted by atomic mass is 9.82. The van der Waals surface area contributed by atoms with E-state index in [1.807, 2.05) is 6.07 Å². The molecule has 0 aromatic heterocycles. The average molecular weight is 378 g/mol. The number of nitrogens with zero attached hydrogens (tertiary/aromatic N) is 1. The van der Waals surface area contributed by atoms with Crippen molar-refractivity contribution in [1.29, 1.82) is 5.26 Å². The number of nitriles is 1. The maximum atomic E-state index is 14.2. The molecule has 5 nitrogen and oxygen atoms in total. The number of benzene rings is 2. The molecule has 1 atom stereocenters. The maximum absolute atomic E-state index is 14.2. The number of carbonyl (C=O) groups excluding carboxylic acids is 1. The first-order valence-electron chi connectivity index (χ1n) is 8.78. The van der Waals surface area contributed by atoms with Gasteiger partial charge in [0.25, 0.3) is 0 Å². The number of ether oxygens (including phenoxy) is 2. The molecule has 0 radical (unpaired) electrons. The number of halogens is 1. The van der Waals surface area contributed by atoms with Crippen LogP contribution in [-0.2, 0) is 14.3 Å². The molecule has 6 heteroatoms. The Labute approximate surface area is 162 Å². The van der Waals surface area contributed by atoms with Crippen molar-refractivity contribution in [2.24, 2.45) is 5.73 Å². The predicted molar refractivity (Wildman–Crippen MR) is 102 cm³/mol. The molecule has 0 aliphatic carbocycles. The van der Waals surface area contributed by atoms with Crippen molar-refractivity contribution in [3.63, 3.8) is 0 Å². The summed E-state index contributed by atoms with van der Waals surface area (Å²) >= 11 is 0. The SMILES string of the molecule is CCOC(=O)C1=C(C)OC(N)=C(C#N)C1c1cccc(-c2ccccc2F)c1. The molecular weight excluding hydrogens is 359 g/mol. The third-order valence-electron chi connectivity index (χ3n) is 4.51. The predicted octanol–water partition coefficient (Wildman–Crippen LogP) is 4.14. The zero-order chi connectivity index (χ0) is 20.3. The normalized spacial score (nSPS) is 16.4. The number of esters is 1. The summed E-state index contributed by atoms with van der Waals surface area (Å²) in [5.41, 5.74) is 7.89. The van der Waals surface area contributed by atoms with Gasteiger partial charge >= 0.3 is 5.97 Å². The van der Waals surface area contributed by atoms with E-state index in [1.54, 1.807) is 56.3 Å². The van der Waals surface area contributed by atoms with E-state index in [0.717, 1.165) is 0 Å². The first-order chi connectivity index (χ1) is 13.5. The topological polar surface area (TPSA) is 85.3 Å². The lowest BCUT2D eigenvalue weighted by Gasteiger charge is -2.27. The summed E-state index contributed by atoms with van der Waals surface area (Å²) in [6, 6.07) is 15.5. The van der Waals surface area contributed by atoms with Crippen LogP contribution in [0.2, 0.25) is 0 Å². The van der Waals surface area contributed by atoms with Crippen LogP contribution in [0.15, 0.2) is 71.3 Å². The first-order valence-corrected chi connectivity index (χ1v) is 8.78. The molecule has 1 heterocycles. The van der Waals surface area contributed by atoms with Gasteiger partial charge in [0.05, 0.1) is 18.1 Å². The molecule has 3 rings (SSSR count). The van der Waals surface area contributed by atoms with Crippen LogP contribution in [0.3, 0.4) is 0 Å². The molecule has 1 aliphatic rings. The summed E-state index contributed by atoms with van der Waals surface area (Å²) in [6.07, 6.45) is 0. The quantitative estimate of drug-likeness (QED) is 0.808. The van der Waals surface area contributed by atoms with Gasteiger partial charge in [-0.2, -0.15) is 5.26 Å². The summed E-state index contributed by atoms with van der Waals surface area (Å²) in [5.74, 6) is -1.49. The third-order valence-corrected chi connectivity index (χ3v) is 4.51.